The molecule has 5 aliphatic rings. The highest BCUT2D eigenvalue weighted by molar-refractivity contribution is 5.84. The van der Waals surface area contributed by atoms with Gasteiger partial charge < -0.3 is 29.8 Å². The Morgan fingerprint density at radius 1 is 0.364 bits per heavy atom. The molecule has 726 valence electrons. The smallest absolute Gasteiger partial charge is 0.275 e. The molecule has 0 aliphatic carbocycles. The summed E-state index contributed by atoms with van der Waals surface area (Å²) in [4.78, 5) is 131. The van der Waals surface area contributed by atoms with Crippen LogP contribution in [0.4, 0.5) is 0 Å². The van der Waals surface area contributed by atoms with Gasteiger partial charge in [-0.3, -0.25) is 81.1 Å². The molecule has 0 atom stereocenters. The Bertz CT molecular complexity index is 8670. The molecule has 4 saturated heterocycles. The van der Waals surface area contributed by atoms with Crippen molar-refractivity contribution in [1.82, 2.24) is 156 Å². The number of aromatic nitrogens is 27. The molecule has 2 aromatic carbocycles. The first-order valence-corrected chi connectivity index (χ1v) is 48.9. The second-order valence-corrected chi connectivity index (χ2v) is 37.7. The Kier molecular flexibility index (Phi) is 26.0. The number of benzene rings is 2. The third-order valence-corrected chi connectivity index (χ3v) is 27.9. The maximum Gasteiger partial charge on any atom is 0.275 e. The summed E-state index contributed by atoms with van der Waals surface area (Å²) in [6.07, 6.45) is 33.0. The number of piperidine rings is 4. The highest BCUT2D eigenvalue weighted by atomic mass is 16.3. The molecule has 38 heteroatoms. The van der Waals surface area contributed by atoms with Gasteiger partial charge in [-0.1, -0.05) is 32.1 Å². The minimum absolute atomic E-state index is 0.112. The van der Waals surface area contributed by atoms with Crippen LogP contribution in [-0.2, 0) is 7.05 Å². The zero-order valence-electron chi connectivity index (χ0n) is 81.8. The third-order valence-electron chi connectivity index (χ3n) is 27.9. The lowest BCUT2D eigenvalue weighted by Crippen LogP contribution is -2.33. The van der Waals surface area contributed by atoms with E-state index in [2.05, 4.69) is 143 Å². The van der Waals surface area contributed by atoms with E-state index in [1.807, 2.05) is 170 Å². The van der Waals surface area contributed by atoms with Gasteiger partial charge in [0.25, 0.3) is 27.8 Å². The van der Waals surface area contributed by atoms with E-state index >= 15 is 0 Å². The van der Waals surface area contributed by atoms with Crippen LogP contribution in [0.15, 0.2) is 206 Å². The molecule has 18 aromatic heterocycles. The topological polar surface area (TPSA) is 404 Å². The molecule has 0 saturated carbocycles. The number of fused-ring (bicyclic) bond motifs is 10. The predicted molar refractivity (Wildman–Crippen MR) is 546 cm³/mol. The van der Waals surface area contributed by atoms with Crippen LogP contribution in [0.25, 0.3) is 129 Å². The Hall–Kier alpha value is -15.8. The van der Waals surface area contributed by atoms with E-state index in [4.69, 9.17) is 4.42 Å². The average molecular weight is 1920 g/mol. The summed E-state index contributed by atoms with van der Waals surface area (Å²) in [5, 5.41) is 30.3. The zero-order chi connectivity index (χ0) is 98.5. The van der Waals surface area contributed by atoms with Crippen molar-refractivity contribution in [2.75, 3.05) is 85.6 Å². The number of nitrogens with one attached hydrogen (secondary N) is 2. The highest BCUT2D eigenvalue weighted by Gasteiger charge is 2.28. The third kappa shape index (κ3) is 19.7. The first-order chi connectivity index (χ1) is 69.4. The minimum Gasteiger partial charge on any atom is -0.441 e. The summed E-state index contributed by atoms with van der Waals surface area (Å²) in [7, 11) is 4.04. The van der Waals surface area contributed by atoms with Gasteiger partial charge in [0.1, 0.15) is 22.6 Å². The van der Waals surface area contributed by atoms with Crippen LogP contribution in [0.2, 0.25) is 0 Å². The minimum atomic E-state index is -0.174. The molecular weight excluding hydrogens is 1810 g/mol. The fraction of sp³-hybridized carbons (Fsp3) is 0.343. The van der Waals surface area contributed by atoms with E-state index < -0.39 is 0 Å². The Morgan fingerprint density at radius 2 is 0.797 bits per heavy atom. The van der Waals surface area contributed by atoms with Crippen molar-refractivity contribution in [3.05, 3.63) is 298 Å². The van der Waals surface area contributed by atoms with Gasteiger partial charge in [-0.15, -0.1) is 0 Å². The number of hydrogen-bond acceptors (Lipinski definition) is 29. The Labute approximate surface area is 819 Å². The molecule has 38 nitrogen and oxygen atoms in total. The standard InChI is InChI=1S/C22H25N7O.C22H23N5O2.C21H23N7O.C20H21N7O.C20H18N6O/c1-4-27-7-5-16(6-8-27)19-13-28-21(11-23-19)25-17(10-22(28)30)18-9-20-15(3)24-14(2)12-29(20)26-18;1-3-26-10-8-15(9-11-26)17-6-7-21-24-19(13-22(28)27(21)25-17)16-4-5-18-20(12-16)29-14(2)23-18;1-13-11-28-19(14(2)23-13)8-17(25-28)16-9-21(29)27-12-18(22-10-20(27)24-16)15-4-6-26(3)7-5-15;1-12-10-27-18(13(2)23-12)7-16(25-27)15-8-20(28)26-11-17(22-9-19(26)24-15)14-3-5-21-6-4-14;1-25-18-3-2-14(8-15(18)10-23-25)16-9-20(27)26-12-17(22-11-19(26)24-16)13-4-6-21-7-5-13/h9-13,16H,4-8H2,1-3H3;4-7,12-13,15H,3,8-11H2,1-2H3;8-12,15H,4-7H2,1-3H3;7-11,14,21H,3-6H2,1-2H3;2-4,8-12,21H,5-7H2,1H3. The first kappa shape index (κ1) is 93.5. The molecular formula is C105H110N32O6. The van der Waals surface area contributed by atoms with E-state index in [9.17, 15) is 24.0 Å². The summed E-state index contributed by atoms with van der Waals surface area (Å²) in [6.45, 7) is 30.2. The molecule has 5 aliphatic heterocycles. The van der Waals surface area contributed by atoms with Crippen molar-refractivity contribution >= 4 is 72.4 Å². The van der Waals surface area contributed by atoms with E-state index in [0.29, 0.717) is 109 Å². The van der Waals surface area contributed by atoms with Gasteiger partial charge in [-0.25, -0.2) is 43.5 Å². The van der Waals surface area contributed by atoms with Crippen LogP contribution in [0.3, 0.4) is 0 Å². The van der Waals surface area contributed by atoms with Crippen LogP contribution in [0, 0.1) is 48.5 Å². The molecule has 0 radical (unpaired) electrons. The summed E-state index contributed by atoms with van der Waals surface area (Å²) in [6, 6.07) is 29.0. The van der Waals surface area contributed by atoms with E-state index in [0.717, 1.165) is 249 Å². The lowest BCUT2D eigenvalue weighted by Gasteiger charge is -2.30. The van der Waals surface area contributed by atoms with E-state index in [1.165, 1.54) is 16.6 Å². The Balaban J connectivity index is 0.000000106. The molecule has 25 rings (SSSR count). The number of oxazole rings is 1. The maximum absolute atomic E-state index is 12.9. The number of aryl methyl sites for hydroxylation is 8. The van der Waals surface area contributed by atoms with Crippen LogP contribution < -0.4 is 38.4 Å². The number of rotatable bonds is 12. The van der Waals surface area contributed by atoms with Gasteiger partial charge in [0.05, 0.1) is 163 Å². The van der Waals surface area contributed by atoms with Gasteiger partial charge in [-0.2, -0.15) is 30.0 Å². The van der Waals surface area contributed by atoms with Crippen LogP contribution >= 0.6 is 0 Å². The maximum atomic E-state index is 12.9. The van der Waals surface area contributed by atoms with Crippen molar-refractivity contribution in [3.63, 3.8) is 0 Å². The summed E-state index contributed by atoms with van der Waals surface area (Å²) in [5.41, 5.74) is 25.1. The fourth-order valence-corrected chi connectivity index (χ4v) is 19.9. The predicted octanol–water partition coefficient (Wildman–Crippen LogP) is 12.1. The van der Waals surface area contributed by atoms with Crippen molar-refractivity contribution in [3.8, 4) is 56.7 Å². The quantitative estimate of drug-likeness (QED) is 0.115. The second-order valence-electron chi connectivity index (χ2n) is 37.7. The molecule has 0 unspecified atom stereocenters. The molecule has 23 heterocycles. The SMILES string of the molecule is CCN1CCC(c2ccc3nc(-c4ccc5nc(C)oc5c4)cc(=O)n3n2)CC1.CCN1CCC(c2cn3c(=O)cc(-c4cc5c(C)nc(C)cn5n4)nc3cn2)CC1.Cc1cn2nc(-c3cc(=O)n4cc(C5CCN(C)CC5)ncc4n3)cc2c(C)n1.Cc1cn2nc(-c3cc(=O)n4cc(C5CCNCC5)ncc4n3)cc2c(C)n1.Cn1ncc2cc(-c3cc(=O)n4cc(C5=CCNCC5)ncc4n3)ccc21. The van der Waals surface area contributed by atoms with E-state index in [1.54, 1.807) is 80.3 Å². The highest BCUT2D eigenvalue weighted by Crippen LogP contribution is 2.34. The van der Waals surface area contributed by atoms with Gasteiger partial charge >= 0.3 is 0 Å². The molecule has 0 amide bonds. The van der Waals surface area contributed by atoms with Gasteiger partial charge in [-0.05, 0) is 239 Å². The van der Waals surface area contributed by atoms with Crippen molar-refractivity contribution in [2.24, 2.45) is 7.05 Å². The van der Waals surface area contributed by atoms with Gasteiger partial charge in [0.2, 0.25) is 0 Å². The van der Waals surface area contributed by atoms with Crippen molar-refractivity contribution in [1.29, 1.82) is 0 Å². The van der Waals surface area contributed by atoms with Crippen molar-refractivity contribution < 1.29 is 4.42 Å². The molecule has 2 N–H and O–H groups in total. The van der Waals surface area contributed by atoms with Crippen LogP contribution in [0.1, 0.15) is 164 Å². The summed E-state index contributed by atoms with van der Waals surface area (Å²) in [5.74, 6) is 2.17. The lowest BCUT2D eigenvalue weighted by atomic mass is 9.93. The summed E-state index contributed by atoms with van der Waals surface area (Å²) < 4.78 is 20.6. The van der Waals surface area contributed by atoms with Crippen molar-refractivity contribution in [2.45, 2.75) is 144 Å². The Morgan fingerprint density at radius 3 is 1.29 bits per heavy atom. The zero-order valence-corrected chi connectivity index (χ0v) is 81.8. The molecule has 0 bridgehead atoms. The molecule has 20 aromatic rings. The lowest BCUT2D eigenvalue weighted by molar-refractivity contribution is 0.220. The van der Waals surface area contributed by atoms with Crippen LogP contribution in [0.5, 0.6) is 0 Å². The van der Waals surface area contributed by atoms with Gasteiger partial charge in [0, 0.05) is 116 Å². The summed E-state index contributed by atoms with van der Waals surface area (Å²) >= 11 is 0. The molecule has 0 spiro atoms. The second kappa shape index (κ2) is 39.7. The normalized spacial score (nSPS) is 15.7. The molecule has 4 fully saturated rings. The largest absolute Gasteiger partial charge is 0.441 e. The van der Waals surface area contributed by atoms with E-state index in [-0.39, 0.29) is 27.8 Å². The first-order valence-electron chi connectivity index (χ1n) is 48.9. The monoisotopic (exact) mass is 1910 g/mol. The number of hydrogen-bond donors (Lipinski definition) is 2. The van der Waals surface area contributed by atoms with Gasteiger partial charge in [0.15, 0.2) is 39.7 Å². The average Bonchev–Trinajstić information content (AvgIpc) is 1.55. The molecule has 143 heavy (non-hydrogen) atoms. The fourth-order valence-electron chi connectivity index (χ4n) is 19.9. The van der Waals surface area contributed by atoms with Crippen LogP contribution in [-0.4, -0.2) is 231 Å². The number of nitrogens with zero attached hydrogens (tertiary/aromatic N) is 30. The number of likely N-dealkylation sites (tertiary alicyclic amines) is 3.